The number of aromatic nitrogens is 1. The van der Waals surface area contributed by atoms with Crippen LogP contribution in [0.1, 0.15) is 12.8 Å². The first-order chi connectivity index (χ1) is 11.6. The Bertz CT molecular complexity index is 698. The largest absolute Gasteiger partial charge is 0.325 e. The molecule has 6 heteroatoms. The Morgan fingerprint density at radius 2 is 2.08 bits per heavy atom. The van der Waals surface area contributed by atoms with Gasteiger partial charge in [-0.3, -0.25) is 4.98 Å². The minimum Gasteiger partial charge on any atom is -0.325 e. The van der Waals surface area contributed by atoms with Crippen LogP contribution >= 0.6 is 0 Å². The molecule has 0 unspecified atom stereocenters. The van der Waals surface area contributed by atoms with Crippen LogP contribution in [0.2, 0.25) is 0 Å². The molecule has 3 rings (SSSR count). The first-order valence-electron chi connectivity index (χ1n) is 8.10. The standard InChI is InChI=1S/C18H21FN4O/c1-23(16-7-9-20-10-8-16)18(24)22-15-5-6-17(21-12-15)13-3-2-4-14(19)11-13/h2-6,11-12,16,20H,7-10H2,1H3,(H,22,24). The Morgan fingerprint density at radius 1 is 1.29 bits per heavy atom. The number of rotatable bonds is 3. The van der Waals surface area contributed by atoms with Crippen LogP contribution in [0.15, 0.2) is 42.6 Å². The SMILES string of the molecule is CN(C(=O)Nc1ccc(-c2cccc(F)c2)nc1)C1CCNCC1. The molecule has 2 aromatic rings. The number of hydrogen-bond acceptors (Lipinski definition) is 3. The molecule has 1 aliphatic heterocycles. The number of amides is 2. The molecular weight excluding hydrogens is 307 g/mol. The number of carbonyl (C=O) groups is 1. The summed E-state index contributed by atoms with van der Waals surface area (Å²) in [5.74, 6) is -0.296. The van der Waals surface area contributed by atoms with Crippen molar-refractivity contribution in [3.63, 3.8) is 0 Å². The van der Waals surface area contributed by atoms with Gasteiger partial charge in [-0.1, -0.05) is 12.1 Å². The molecule has 2 amide bonds. The predicted molar refractivity (Wildman–Crippen MR) is 92.3 cm³/mol. The summed E-state index contributed by atoms with van der Waals surface area (Å²) in [6.07, 6.45) is 3.51. The highest BCUT2D eigenvalue weighted by molar-refractivity contribution is 5.89. The predicted octanol–water partition coefficient (Wildman–Crippen LogP) is 3.10. The summed E-state index contributed by atoms with van der Waals surface area (Å²) in [7, 11) is 1.82. The molecule has 1 aliphatic rings. The highest BCUT2D eigenvalue weighted by Crippen LogP contribution is 2.20. The zero-order valence-electron chi connectivity index (χ0n) is 13.6. The van der Waals surface area contributed by atoms with Gasteiger partial charge in [0.2, 0.25) is 0 Å². The van der Waals surface area contributed by atoms with Crippen molar-refractivity contribution in [1.82, 2.24) is 15.2 Å². The molecule has 1 saturated heterocycles. The quantitative estimate of drug-likeness (QED) is 0.910. The maximum Gasteiger partial charge on any atom is 0.321 e. The Hall–Kier alpha value is -2.47. The lowest BCUT2D eigenvalue weighted by Crippen LogP contribution is -2.45. The van der Waals surface area contributed by atoms with Gasteiger partial charge in [0.25, 0.3) is 0 Å². The second-order valence-electron chi connectivity index (χ2n) is 5.96. The first-order valence-corrected chi connectivity index (χ1v) is 8.10. The van der Waals surface area contributed by atoms with Crippen molar-refractivity contribution in [1.29, 1.82) is 0 Å². The van der Waals surface area contributed by atoms with Gasteiger partial charge in [0.05, 0.1) is 17.6 Å². The number of nitrogens with zero attached hydrogens (tertiary/aromatic N) is 2. The maximum absolute atomic E-state index is 13.3. The van der Waals surface area contributed by atoms with Gasteiger partial charge < -0.3 is 15.5 Å². The Labute approximate surface area is 140 Å². The summed E-state index contributed by atoms with van der Waals surface area (Å²) >= 11 is 0. The van der Waals surface area contributed by atoms with E-state index in [2.05, 4.69) is 15.6 Å². The topological polar surface area (TPSA) is 57.3 Å². The van der Waals surface area contributed by atoms with Crippen LogP contribution in [0.4, 0.5) is 14.9 Å². The number of anilines is 1. The van der Waals surface area contributed by atoms with E-state index < -0.39 is 0 Å². The van der Waals surface area contributed by atoms with Gasteiger partial charge in [-0.15, -0.1) is 0 Å². The zero-order valence-corrected chi connectivity index (χ0v) is 13.6. The van der Waals surface area contributed by atoms with Crippen molar-refractivity contribution < 1.29 is 9.18 Å². The highest BCUT2D eigenvalue weighted by Gasteiger charge is 2.21. The van der Waals surface area contributed by atoms with Crippen LogP contribution in [0.3, 0.4) is 0 Å². The molecule has 0 radical (unpaired) electrons. The number of pyridine rings is 1. The van der Waals surface area contributed by atoms with E-state index in [1.54, 1.807) is 35.4 Å². The smallest absolute Gasteiger partial charge is 0.321 e. The molecule has 1 aromatic carbocycles. The van der Waals surface area contributed by atoms with Crippen LogP contribution in [-0.4, -0.2) is 42.1 Å². The molecule has 1 fully saturated rings. The van der Waals surface area contributed by atoms with Crippen LogP contribution in [0.25, 0.3) is 11.3 Å². The fraction of sp³-hybridized carbons (Fsp3) is 0.333. The van der Waals surface area contributed by atoms with E-state index in [-0.39, 0.29) is 17.9 Å². The average Bonchev–Trinajstić information content (AvgIpc) is 2.62. The lowest BCUT2D eigenvalue weighted by Gasteiger charge is -2.31. The minimum absolute atomic E-state index is 0.137. The Morgan fingerprint density at radius 3 is 2.75 bits per heavy atom. The normalized spacial score (nSPS) is 15.1. The highest BCUT2D eigenvalue weighted by atomic mass is 19.1. The summed E-state index contributed by atoms with van der Waals surface area (Å²) in [6.45, 7) is 1.87. The second kappa shape index (κ2) is 7.40. The lowest BCUT2D eigenvalue weighted by molar-refractivity contribution is 0.189. The molecule has 0 spiro atoms. The molecule has 2 N–H and O–H groups in total. The van der Waals surface area contributed by atoms with Crippen molar-refractivity contribution in [2.75, 3.05) is 25.5 Å². The van der Waals surface area contributed by atoms with E-state index >= 15 is 0 Å². The molecule has 0 saturated carbocycles. The summed E-state index contributed by atoms with van der Waals surface area (Å²) < 4.78 is 13.3. The second-order valence-corrected chi connectivity index (χ2v) is 5.96. The molecular formula is C18H21FN4O. The maximum atomic E-state index is 13.3. The van der Waals surface area contributed by atoms with Crippen molar-refractivity contribution in [2.45, 2.75) is 18.9 Å². The fourth-order valence-electron chi connectivity index (χ4n) is 2.86. The van der Waals surface area contributed by atoms with E-state index in [4.69, 9.17) is 0 Å². The van der Waals surface area contributed by atoms with Crippen molar-refractivity contribution >= 4 is 11.7 Å². The van der Waals surface area contributed by atoms with E-state index in [1.165, 1.54) is 12.1 Å². The van der Waals surface area contributed by atoms with E-state index in [1.807, 2.05) is 7.05 Å². The van der Waals surface area contributed by atoms with Crippen LogP contribution in [0, 0.1) is 5.82 Å². The van der Waals surface area contributed by atoms with Gasteiger partial charge >= 0.3 is 6.03 Å². The van der Waals surface area contributed by atoms with Crippen molar-refractivity contribution in [3.8, 4) is 11.3 Å². The van der Waals surface area contributed by atoms with E-state index in [0.29, 0.717) is 16.9 Å². The van der Waals surface area contributed by atoms with Crippen LogP contribution < -0.4 is 10.6 Å². The molecule has 0 aliphatic carbocycles. The number of hydrogen-bond donors (Lipinski definition) is 2. The number of piperidine rings is 1. The number of urea groups is 1. The van der Waals surface area contributed by atoms with E-state index in [0.717, 1.165) is 25.9 Å². The zero-order chi connectivity index (χ0) is 16.9. The number of nitrogens with one attached hydrogen (secondary N) is 2. The molecule has 5 nitrogen and oxygen atoms in total. The molecule has 2 heterocycles. The van der Waals surface area contributed by atoms with Gasteiger partial charge in [0.1, 0.15) is 5.82 Å². The van der Waals surface area contributed by atoms with Gasteiger partial charge in [-0.25, -0.2) is 9.18 Å². The first kappa shape index (κ1) is 16.4. The fourth-order valence-corrected chi connectivity index (χ4v) is 2.86. The summed E-state index contributed by atoms with van der Waals surface area (Å²) in [4.78, 5) is 18.4. The number of halogens is 1. The van der Waals surface area contributed by atoms with Gasteiger partial charge in [-0.05, 0) is 50.2 Å². The van der Waals surface area contributed by atoms with E-state index in [9.17, 15) is 9.18 Å². The summed E-state index contributed by atoms with van der Waals surface area (Å²) in [6, 6.07) is 9.95. The Balaban J connectivity index is 1.64. The Kier molecular flexibility index (Phi) is 5.05. The molecule has 24 heavy (non-hydrogen) atoms. The lowest BCUT2D eigenvalue weighted by atomic mass is 10.1. The van der Waals surface area contributed by atoms with Crippen molar-refractivity contribution in [2.24, 2.45) is 0 Å². The monoisotopic (exact) mass is 328 g/mol. The number of carbonyl (C=O) groups excluding carboxylic acids is 1. The van der Waals surface area contributed by atoms with Crippen molar-refractivity contribution in [3.05, 3.63) is 48.4 Å². The average molecular weight is 328 g/mol. The number of benzene rings is 1. The summed E-state index contributed by atoms with van der Waals surface area (Å²) in [5, 5.41) is 6.15. The van der Waals surface area contributed by atoms with Gasteiger partial charge in [0.15, 0.2) is 0 Å². The third-order valence-electron chi connectivity index (χ3n) is 4.31. The molecule has 0 atom stereocenters. The van der Waals surface area contributed by atoms with Gasteiger partial charge in [0, 0.05) is 18.7 Å². The third kappa shape index (κ3) is 3.89. The molecule has 0 bridgehead atoms. The summed E-state index contributed by atoms with van der Waals surface area (Å²) in [5.41, 5.74) is 2.00. The van der Waals surface area contributed by atoms with Gasteiger partial charge in [-0.2, -0.15) is 0 Å². The molecule has 1 aromatic heterocycles. The van der Waals surface area contributed by atoms with Crippen LogP contribution in [-0.2, 0) is 0 Å². The third-order valence-corrected chi connectivity index (χ3v) is 4.31. The van der Waals surface area contributed by atoms with Crippen LogP contribution in [0.5, 0.6) is 0 Å². The minimum atomic E-state index is -0.296. The molecule has 126 valence electrons.